The number of dihydropyridines is 1. The predicted octanol–water partition coefficient (Wildman–Crippen LogP) is 6.16. The Morgan fingerprint density at radius 2 is 1.97 bits per heavy atom. The first kappa shape index (κ1) is 24.9. The lowest BCUT2D eigenvalue weighted by atomic mass is 9.75. The number of rotatable bonds is 5. The summed E-state index contributed by atoms with van der Waals surface area (Å²) in [7, 11) is 0. The van der Waals surface area contributed by atoms with Crippen LogP contribution in [0.5, 0.6) is 0 Å². The Hall–Kier alpha value is -3.22. The zero-order chi connectivity index (χ0) is 25.2. The molecule has 1 aliphatic carbocycles. The summed E-state index contributed by atoms with van der Waals surface area (Å²) in [5.74, 6) is -1.93. The maximum absolute atomic E-state index is 13.9. The summed E-state index contributed by atoms with van der Waals surface area (Å²) in [6, 6.07) is 13.6. The average Bonchev–Trinajstić information content (AvgIpc) is 2.81. The molecular weight excluding hydrogens is 499 g/mol. The fraction of sp³-hybridized carbons (Fsp3) is 0.240. The van der Waals surface area contributed by atoms with Crippen molar-refractivity contribution in [2.45, 2.75) is 31.4 Å². The normalized spacial score (nSPS) is 18.0. The van der Waals surface area contributed by atoms with Gasteiger partial charge in [0.1, 0.15) is 0 Å². The molecule has 0 bridgehead atoms. The van der Waals surface area contributed by atoms with Gasteiger partial charge in [0.25, 0.3) is 0 Å². The topological polar surface area (TPSA) is 82.0 Å². The number of anilines is 1. The van der Waals surface area contributed by atoms with Crippen LogP contribution in [-0.4, -0.2) is 17.4 Å². The van der Waals surface area contributed by atoms with Crippen LogP contribution in [0.2, 0.25) is 5.02 Å². The minimum absolute atomic E-state index is 0.0174. The Bertz CT molecular complexity index is 1300. The van der Waals surface area contributed by atoms with Crippen molar-refractivity contribution in [2.75, 3.05) is 11.1 Å². The highest BCUT2D eigenvalue weighted by molar-refractivity contribution is 8.03. The van der Waals surface area contributed by atoms with Crippen LogP contribution < -0.4 is 10.6 Å². The third-order valence-electron chi connectivity index (χ3n) is 5.70. The standard InChI is InChI=1S/C25H19ClF3N3O2S/c26-14-5-3-6-15(11-14)31-21(34)13-35-24-17(12-30)22(23-19(32-24)9-4-10-20(23)33)16-7-1-2-8-18(16)25(27,28)29/h1-3,5-8,11,22,32H,4,9-10,13H2,(H,31,34)/t22-/m1/s1. The second kappa shape index (κ2) is 10.2. The SMILES string of the molecule is N#CC1=C(SCC(=O)Nc2cccc(Cl)c2)NC2=C(C(=O)CCC2)[C@@H]1c1ccccc1C(F)(F)F. The summed E-state index contributed by atoms with van der Waals surface area (Å²) in [6.07, 6.45) is -3.45. The van der Waals surface area contributed by atoms with Crippen LogP contribution in [0.4, 0.5) is 18.9 Å². The van der Waals surface area contributed by atoms with E-state index in [4.69, 9.17) is 11.6 Å². The molecule has 0 saturated carbocycles. The molecular formula is C25H19ClF3N3O2S. The number of carbonyl (C=O) groups excluding carboxylic acids is 2. The molecule has 1 amide bonds. The Morgan fingerprint density at radius 1 is 1.20 bits per heavy atom. The van der Waals surface area contributed by atoms with Crippen LogP contribution in [0.15, 0.2) is 70.4 Å². The molecule has 1 heterocycles. The summed E-state index contributed by atoms with van der Waals surface area (Å²) >= 11 is 6.94. The predicted molar refractivity (Wildman–Crippen MR) is 128 cm³/mol. The van der Waals surface area contributed by atoms with Gasteiger partial charge in [-0.2, -0.15) is 18.4 Å². The van der Waals surface area contributed by atoms with E-state index in [-0.39, 0.29) is 45.6 Å². The van der Waals surface area contributed by atoms with Gasteiger partial charge in [0, 0.05) is 28.4 Å². The Kier molecular flexibility index (Phi) is 7.24. The van der Waals surface area contributed by atoms with Gasteiger partial charge in [0.15, 0.2) is 5.78 Å². The fourth-order valence-corrected chi connectivity index (χ4v) is 5.31. The second-order valence-corrected chi connectivity index (χ2v) is 9.44. The summed E-state index contributed by atoms with van der Waals surface area (Å²) in [5, 5.41) is 16.5. The van der Waals surface area contributed by atoms with Gasteiger partial charge in [-0.1, -0.05) is 47.6 Å². The molecule has 10 heteroatoms. The van der Waals surface area contributed by atoms with Gasteiger partial charge < -0.3 is 10.6 Å². The lowest BCUT2D eigenvalue weighted by Gasteiger charge is -2.34. The molecule has 2 aromatic carbocycles. The third kappa shape index (κ3) is 5.39. The van der Waals surface area contributed by atoms with E-state index in [0.29, 0.717) is 29.2 Å². The third-order valence-corrected chi connectivity index (χ3v) is 6.95. The first-order valence-electron chi connectivity index (χ1n) is 10.7. The van der Waals surface area contributed by atoms with E-state index in [2.05, 4.69) is 10.6 Å². The van der Waals surface area contributed by atoms with E-state index < -0.39 is 17.7 Å². The molecule has 0 spiro atoms. The number of nitrogens with zero attached hydrogens (tertiary/aromatic N) is 1. The number of ketones is 1. The number of halogens is 4. The Labute approximate surface area is 209 Å². The first-order chi connectivity index (χ1) is 16.7. The molecule has 0 saturated heterocycles. The summed E-state index contributed by atoms with van der Waals surface area (Å²) in [4.78, 5) is 25.4. The number of carbonyl (C=O) groups is 2. The molecule has 0 fully saturated rings. The quantitative estimate of drug-likeness (QED) is 0.496. The highest BCUT2D eigenvalue weighted by Crippen LogP contribution is 2.47. The lowest BCUT2D eigenvalue weighted by molar-refractivity contribution is -0.138. The summed E-state index contributed by atoms with van der Waals surface area (Å²) in [5.41, 5.74) is 0.123. The summed E-state index contributed by atoms with van der Waals surface area (Å²) in [6.45, 7) is 0. The Morgan fingerprint density at radius 3 is 2.69 bits per heavy atom. The summed E-state index contributed by atoms with van der Waals surface area (Å²) < 4.78 is 41.6. The van der Waals surface area contributed by atoms with Gasteiger partial charge in [0.05, 0.1) is 33.9 Å². The fourth-order valence-electron chi connectivity index (χ4n) is 4.26. The van der Waals surface area contributed by atoms with E-state index in [9.17, 15) is 28.0 Å². The molecule has 4 rings (SSSR count). The van der Waals surface area contributed by atoms with Crippen molar-refractivity contribution in [1.82, 2.24) is 5.32 Å². The average molecular weight is 518 g/mol. The van der Waals surface area contributed by atoms with E-state index in [1.807, 2.05) is 6.07 Å². The minimum Gasteiger partial charge on any atom is -0.352 e. The zero-order valence-corrected chi connectivity index (χ0v) is 19.8. The van der Waals surface area contributed by atoms with Crippen LogP contribution in [0.25, 0.3) is 0 Å². The van der Waals surface area contributed by atoms with Gasteiger partial charge in [-0.05, 0) is 42.7 Å². The largest absolute Gasteiger partial charge is 0.416 e. The van der Waals surface area contributed by atoms with Crippen molar-refractivity contribution in [3.8, 4) is 6.07 Å². The van der Waals surface area contributed by atoms with Crippen LogP contribution in [0.3, 0.4) is 0 Å². The molecule has 1 aliphatic heterocycles. The molecule has 0 aromatic heterocycles. The minimum atomic E-state index is -4.66. The number of benzene rings is 2. The molecule has 0 unspecified atom stereocenters. The number of alkyl halides is 3. The molecule has 1 atom stereocenters. The molecule has 2 aliphatic rings. The number of nitriles is 1. The van der Waals surface area contributed by atoms with Crippen LogP contribution in [-0.2, 0) is 15.8 Å². The number of nitrogens with one attached hydrogen (secondary N) is 2. The van der Waals surface area contributed by atoms with Gasteiger partial charge in [-0.3, -0.25) is 9.59 Å². The van der Waals surface area contributed by atoms with E-state index in [1.165, 1.54) is 18.2 Å². The maximum atomic E-state index is 13.9. The number of hydrogen-bond acceptors (Lipinski definition) is 5. The monoisotopic (exact) mass is 517 g/mol. The number of Topliss-reactive ketones (excluding diaryl/α,β-unsaturated/α-hetero) is 1. The van der Waals surface area contributed by atoms with Gasteiger partial charge in [-0.15, -0.1) is 0 Å². The van der Waals surface area contributed by atoms with E-state index in [1.54, 1.807) is 24.3 Å². The van der Waals surface area contributed by atoms with Crippen molar-refractivity contribution in [3.05, 3.63) is 86.6 Å². The van der Waals surface area contributed by atoms with Gasteiger partial charge in [-0.25, -0.2) is 0 Å². The molecule has 2 N–H and O–H groups in total. The van der Waals surface area contributed by atoms with Crippen LogP contribution in [0.1, 0.15) is 36.3 Å². The van der Waals surface area contributed by atoms with Gasteiger partial charge in [0.2, 0.25) is 5.91 Å². The number of allylic oxidation sites excluding steroid dienone is 3. The number of hydrogen-bond donors (Lipinski definition) is 2. The van der Waals surface area contributed by atoms with Crippen LogP contribution >= 0.6 is 23.4 Å². The van der Waals surface area contributed by atoms with Crippen molar-refractivity contribution >= 4 is 40.7 Å². The smallest absolute Gasteiger partial charge is 0.352 e. The number of amides is 1. The van der Waals surface area contributed by atoms with Crippen molar-refractivity contribution in [1.29, 1.82) is 5.26 Å². The highest BCUT2D eigenvalue weighted by Gasteiger charge is 2.42. The van der Waals surface area contributed by atoms with E-state index in [0.717, 1.165) is 17.8 Å². The zero-order valence-electron chi connectivity index (χ0n) is 18.2. The van der Waals surface area contributed by atoms with Crippen molar-refractivity contribution < 1.29 is 22.8 Å². The second-order valence-electron chi connectivity index (χ2n) is 8.01. The highest BCUT2D eigenvalue weighted by atomic mass is 35.5. The van der Waals surface area contributed by atoms with Crippen molar-refractivity contribution in [3.63, 3.8) is 0 Å². The van der Waals surface area contributed by atoms with Crippen LogP contribution in [0, 0.1) is 11.3 Å². The maximum Gasteiger partial charge on any atom is 0.416 e. The van der Waals surface area contributed by atoms with E-state index >= 15 is 0 Å². The van der Waals surface area contributed by atoms with Crippen molar-refractivity contribution in [2.24, 2.45) is 0 Å². The first-order valence-corrected chi connectivity index (χ1v) is 12.1. The molecule has 0 radical (unpaired) electrons. The van der Waals surface area contributed by atoms with Gasteiger partial charge >= 0.3 is 6.18 Å². The number of thioether (sulfide) groups is 1. The molecule has 5 nitrogen and oxygen atoms in total. The molecule has 180 valence electrons. The lowest BCUT2D eigenvalue weighted by Crippen LogP contribution is -2.32. The Balaban J connectivity index is 1.70. The molecule has 35 heavy (non-hydrogen) atoms. The molecule has 2 aromatic rings.